The molecule has 12 heteroatoms. The van der Waals surface area contributed by atoms with Crippen molar-refractivity contribution in [3.05, 3.63) is 56.8 Å². The van der Waals surface area contributed by atoms with Gasteiger partial charge in [0.25, 0.3) is 5.91 Å². The van der Waals surface area contributed by atoms with Crippen molar-refractivity contribution in [2.45, 2.75) is 18.2 Å². The lowest BCUT2D eigenvalue weighted by Crippen LogP contribution is -2.13. The molecule has 1 N–H and O–H groups in total. The number of anilines is 1. The standard InChI is InChI=1S/C19H15Cl2N5O3S2/c1-10-7-12(11(2)26(10)15-6-4-5-14(20)16(15)21)8-13(9-22)17(27)23-18-24-25-19(30-18)31(3,28)29/h4-8H,1-3H3,(H,23,24,27)/b13-8-. The van der Waals surface area contributed by atoms with Gasteiger partial charge in [0.1, 0.15) is 11.6 Å². The van der Waals surface area contributed by atoms with E-state index in [1.54, 1.807) is 12.1 Å². The number of aryl methyl sites for hydroxylation is 1. The summed E-state index contributed by atoms with van der Waals surface area (Å²) < 4.78 is 24.7. The number of amides is 1. The number of nitriles is 1. The molecule has 8 nitrogen and oxygen atoms in total. The van der Waals surface area contributed by atoms with Gasteiger partial charge in [0.15, 0.2) is 0 Å². The number of carbonyl (C=O) groups excluding carboxylic acids is 1. The van der Waals surface area contributed by atoms with Gasteiger partial charge >= 0.3 is 0 Å². The first kappa shape index (κ1) is 23.0. The minimum Gasteiger partial charge on any atom is -0.316 e. The predicted molar refractivity (Wildman–Crippen MR) is 121 cm³/mol. The Morgan fingerprint density at radius 3 is 2.61 bits per heavy atom. The number of hydrogen-bond acceptors (Lipinski definition) is 7. The normalized spacial score (nSPS) is 11.9. The van der Waals surface area contributed by atoms with Crippen molar-refractivity contribution in [3.63, 3.8) is 0 Å². The molecule has 0 aliphatic carbocycles. The van der Waals surface area contributed by atoms with Crippen molar-refractivity contribution < 1.29 is 13.2 Å². The Morgan fingerprint density at radius 1 is 1.29 bits per heavy atom. The Hall–Kier alpha value is -2.71. The van der Waals surface area contributed by atoms with E-state index in [-0.39, 0.29) is 15.0 Å². The molecule has 0 aliphatic heterocycles. The van der Waals surface area contributed by atoms with Crippen LogP contribution in [0.5, 0.6) is 0 Å². The van der Waals surface area contributed by atoms with E-state index in [2.05, 4.69) is 15.5 Å². The Balaban J connectivity index is 1.94. The van der Waals surface area contributed by atoms with Crippen LogP contribution in [0.4, 0.5) is 5.13 Å². The van der Waals surface area contributed by atoms with Crippen LogP contribution in [0.3, 0.4) is 0 Å². The maximum atomic E-state index is 12.5. The van der Waals surface area contributed by atoms with Crippen LogP contribution in [0.25, 0.3) is 11.8 Å². The molecule has 160 valence electrons. The van der Waals surface area contributed by atoms with E-state index in [0.29, 0.717) is 32.6 Å². The summed E-state index contributed by atoms with van der Waals surface area (Å²) in [5.74, 6) is -0.732. The molecule has 0 fully saturated rings. The molecule has 2 heterocycles. The fraction of sp³-hybridized carbons (Fsp3) is 0.158. The maximum Gasteiger partial charge on any atom is 0.268 e. The molecule has 0 saturated heterocycles. The minimum absolute atomic E-state index is 0.0252. The lowest BCUT2D eigenvalue weighted by Gasteiger charge is -2.12. The highest BCUT2D eigenvalue weighted by molar-refractivity contribution is 7.92. The zero-order chi connectivity index (χ0) is 22.9. The molecule has 2 aromatic heterocycles. The lowest BCUT2D eigenvalue weighted by atomic mass is 10.1. The molecule has 3 rings (SSSR count). The first-order valence-corrected chi connectivity index (χ1v) is 12.1. The van der Waals surface area contributed by atoms with E-state index in [4.69, 9.17) is 23.2 Å². The van der Waals surface area contributed by atoms with Gasteiger partial charge in [-0.2, -0.15) is 5.26 Å². The van der Waals surface area contributed by atoms with Crippen LogP contribution in [-0.2, 0) is 14.6 Å². The summed E-state index contributed by atoms with van der Waals surface area (Å²) >= 11 is 13.2. The molecule has 31 heavy (non-hydrogen) atoms. The summed E-state index contributed by atoms with van der Waals surface area (Å²) in [6.07, 6.45) is 2.42. The third-order valence-electron chi connectivity index (χ3n) is 4.25. The summed E-state index contributed by atoms with van der Waals surface area (Å²) in [5.41, 5.74) is 2.70. The molecule has 1 amide bonds. The average Bonchev–Trinajstić information content (AvgIpc) is 3.27. The minimum atomic E-state index is -3.54. The van der Waals surface area contributed by atoms with Gasteiger partial charge in [-0.1, -0.05) is 40.6 Å². The van der Waals surface area contributed by atoms with Crippen LogP contribution in [0, 0.1) is 25.2 Å². The van der Waals surface area contributed by atoms with Crippen LogP contribution in [-0.4, -0.2) is 35.3 Å². The second-order valence-electron chi connectivity index (χ2n) is 6.50. The van der Waals surface area contributed by atoms with Crippen LogP contribution in [0.2, 0.25) is 10.0 Å². The van der Waals surface area contributed by atoms with E-state index in [9.17, 15) is 18.5 Å². The van der Waals surface area contributed by atoms with Crippen molar-refractivity contribution in [1.29, 1.82) is 5.26 Å². The van der Waals surface area contributed by atoms with Crippen LogP contribution >= 0.6 is 34.5 Å². The van der Waals surface area contributed by atoms with Gasteiger partial charge in [0.2, 0.25) is 19.3 Å². The van der Waals surface area contributed by atoms with E-state index >= 15 is 0 Å². The molecule has 0 atom stereocenters. The Bertz CT molecular complexity index is 1370. The first-order valence-electron chi connectivity index (χ1n) is 8.63. The van der Waals surface area contributed by atoms with E-state index in [1.807, 2.05) is 36.6 Å². The monoisotopic (exact) mass is 495 g/mol. The van der Waals surface area contributed by atoms with Crippen molar-refractivity contribution in [1.82, 2.24) is 14.8 Å². The molecule has 0 spiro atoms. The second-order valence-corrected chi connectivity index (χ2v) is 10.5. The van der Waals surface area contributed by atoms with Gasteiger partial charge in [-0.05, 0) is 43.7 Å². The topological polar surface area (TPSA) is 118 Å². The van der Waals surface area contributed by atoms with E-state index < -0.39 is 15.7 Å². The lowest BCUT2D eigenvalue weighted by molar-refractivity contribution is -0.112. The number of halogens is 2. The largest absolute Gasteiger partial charge is 0.316 e. The van der Waals surface area contributed by atoms with Gasteiger partial charge in [-0.3, -0.25) is 10.1 Å². The van der Waals surface area contributed by atoms with Crippen molar-refractivity contribution in [2.24, 2.45) is 0 Å². The molecule has 0 saturated carbocycles. The highest BCUT2D eigenvalue weighted by atomic mass is 35.5. The number of sulfone groups is 1. The van der Waals surface area contributed by atoms with Gasteiger partial charge in [0.05, 0.1) is 15.7 Å². The highest BCUT2D eigenvalue weighted by Crippen LogP contribution is 2.32. The molecule has 0 bridgehead atoms. The molecule has 0 aliphatic rings. The molecular formula is C19H15Cl2N5O3S2. The fourth-order valence-corrected chi connectivity index (χ4v) is 4.73. The Labute approximate surface area is 192 Å². The average molecular weight is 496 g/mol. The quantitative estimate of drug-likeness (QED) is 0.321. The Kier molecular flexibility index (Phi) is 6.52. The van der Waals surface area contributed by atoms with E-state index in [0.717, 1.165) is 17.6 Å². The number of aromatic nitrogens is 3. The highest BCUT2D eigenvalue weighted by Gasteiger charge is 2.19. The summed E-state index contributed by atoms with van der Waals surface area (Å²) in [6.45, 7) is 3.69. The number of carbonyl (C=O) groups is 1. The van der Waals surface area contributed by atoms with Crippen molar-refractivity contribution in [3.8, 4) is 11.8 Å². The fourth-order valence-electron chi connectivity index (χ4n) is 2.85. The third kappa shape index (κ3) is 4.80. The zero-order valence-electron chi connectivity index (χ0n) is 16.5. The van der Waals surface area contributed by atoms with E-state index in [1.165, 1.54) is 6.08 Å². The smallest absolute Gasteiger partial charge is 0.268 e. The van der Waals surface area contributed by atoms with Gasteiger partial charge in [-0.25, -0.2) is 8.42 Å². The molecule has 3 aromatic rings. The number of benzene rings is 1. The van der Waals surface area contributed by atoms with Gasteiger partial charge in [-0.15, -0.1) is 10.2 Å². The summed E-state index contributed by atoms with van der Waals surface area (Å²) in [4.78, 5) is 12.5. The number of nitrogens with one attached hydrogen (secondary N) is 1. The first-order chi connectivity index (χ1) is 14.5. The summed E-state index contributed by atoms with van der Waals surface area (Å²) in [5, 5.41) is 19.8. The van der Waals surface area contributed by atoms with Crippen LogP contribution in [0.15, 0.2) is 34.2 Å². The summed E-state index contributed by atoms with van der Waals surface area (Å²) in [6, 6.07) is 8.94. The van der Waals surface area contributed by atoms with Gasteiger partial charge in [0, 0.05) is 17.6 Å². The number of hydrogen-bond donors (Lipinski definition) is 1. The molecular weight excluding hydrogens is 481 g/mol. The van der Waals surface area contributed by atoms with Gasteiger partial charge < -0.3 is 4.57 Å². The van der Waals surface area contributed by atoms with Crippen molar-refractivity contribution in [2.75, 3.05) is 11.6 Å². The maximum absolute atomic E-state index is 12.5. The molecule has 0 radical (unpaired) electrons. The zero-order valence-corrected chi connectivity index (χ0v) is 19.6. The van der Waals surface area contributed by atoms with Crippen LogP contribution in [0.1, 0.15) is 17.0 Å². The number of nitrogens with zero attached hydrogens (tertiary/aromatic N) is 4. The van der Waals surface area contributed by atoms with Crippen LogP contribution < -0.4 is 5.32 Å². The third-order valence-corrected chi connectivity index (χ3v) is 7.57. The second kappa shape index (κ2) is 8.80. The van der Waals surface area contributed by atoms with Crippen molar-refractivity contribution >= 4 is 61.5 Å². The molecule has 1 aromatic carbocycles. The SMILES string of the molecule is Cc1cc(/C=C(/C#N)C(=O)Nc2nnc(S(C)(=O)=O)s2)c(C)n1-c1cccc(Cl)c1Cl. The molecule has 0 unspecified atom stereocenters. The Morgan fingerprint density at radius 2 is 2.00 bits per heavy atom. The number of rotatable bonds is 5. The predicted octanol–water partition coefficient (Wildman–Crippen LogP) is 4.20. The summed E-state index contributed by atoms with van der Waals surface area (Å²) in [7, 11) is -3.54.